The lowest BCUT2D eigenvalue weighted by Crippen LogP contribution is -2.40. The van der Waals surface area contributed by atoms with Crippen LogP contribution in [0.15, 0.2) is 24.4 Å². The predicted octanol–water partition coefficient (Wildman–Crippen LogP) is 2.97. The Kier molecular flexibility index (Phi) is 7.37. The quantitative estimate of drug-likeness (QED) is 0.801. The second kappa shape index (κ2) is 8.78. The van der Waals surface area contributed by atoms with Gasteiger partial charge < -0.3 is 10.6 Å². The van der Waals surface area contributed by atoms with E-state index in [0.29, 0.717) is 6.54 Å². The van der Waals surface area contributed by atoms with Crippen molar-refractivity contribution < 1.29 is 4.79 Å². The van der Waals surface area contributed by atoms with Gasteiger partial charge in [0.05, 0.1) is 12.2 Å². The molecule has 1 aromatic rings. The molecule has 0 saturated carbocycles. The number of pyridine rings is 1. The molecule has 4 nitrogen and oxygen atoms in total. The summed E-state index contributed by atoms with van der Waals surface area (Å²) in [6, 6.07) is 6.19. The van der Waals surface area contributed by atoms with Crippen LogP contribution >= 0.6 is 0 Å². The number of carbonyl (C=O) groups excluding carboxylic acids is 1. The number of aromatic nitrogens is 1. The molecule has 1 heterocycles. The van der Waals surface area contributed by atoms with E-state index < -0.39 is 0 Å². The molecule has 21 heavy (non-hydrogen) atoms. The van der Waals surface area contributed by atoms with E-state index in [4.69, 9.17) is 5.73 Å². The Hall–Kier alpha value is -1.42. The van der Waals surface area contributed by atoms with Crippen molar-refractivity contribution in [2.75, 3.05) is 0 Å². The second-order valence-electron chi connectivity index (χ2n) is 6.19. The van der Waals surface area contributed by atoms with Gasteiger partial charge >= 0.3 is 0 Å². The van der Waals surface area contributed by atoms with Crippen LogP contribution in [-0.2, 0) is 11.3 Å². The van der Waals surface area contributed by atoms with Crippen molar-refractivity contribution in [2.24, 2.45) is 11.7 Å². The fourth-order valence-electron chi connectivity index (χ4n) is 2.33. The summed E-state index contributed by atoms with van der Waals surface area (Å²) in [4.78, 5) is 18.9. The molecule has 1 rings (SSSR count). The Morgan fingerprint density at radius 3 is 2.48 bits per heavy atom. The molecule has 2 atom stereocenters. The molecule has 0 radical (unpaired) electrons. The van der Waals surface area contributed by atoms with Gasteiger partial charge in [-0.1, -0.05) is 19.4 Å². The summed E-state index contributed by atoms with van der Waals surface area (Å²) in [5, 5.41) is 0. The fraction of sp³-hybridized carbons (Fsp3) is 0.647. The van der Waals surface area contributed by atoms with Crippen molar-refractivity contribution in [3.63, 3.8) is 0 Å². The molecule has 4 heteroatoms. The van der Waals surface area contributed by atoms with Gasteiger partial charge in [0.25, 0.3) is 0 Å². The minimum absolute atomic E-state index is 0.0369. The zero-order valence-electron chi connectivity index (χ0n) is 13.7. The average Bonchev–Trinajstić information content (AvgIpc) is 2.44. The van der Waals surface area contributed by atoms with Gasteiger partial charge in [0.2, 0.25) is 5.91 Å². The summed E-state index contributed by atoms with van der Waals surface area (Å²) in [6.07, 6.45) is 4.63. The summed E-state index contributed by atoms with van der Waals surface area (Å²) in [6.45, 7) is 8.70. The van der Waals surface area contributed by atoms with E-state index in [9.17, 15) is 4.79 Å². The predicted molar refractivity (Wildman–Crippen MR) is 86.6 cm³/mol. The van der Waals surface area contributed by atoms with Crippen LogP contribution in [0.25, 0.3) is 0 Å². The maximum Gasteiger partial charge on any atom is 0.225 e. The number of rotatable bonds is 8. The third-order valence-corrected chi connectivity index (χ3v) is 3.68. The standard InChI is InChI=1S/C17H29N3O/c1-13(2)20(12-16-10-5-6-11-19-16)17(21)14(3)8-7-9-15(4)18/h5-6,10-11,13-15H,7-9,12,18H2,1-4H3. The topological polar surface area (TPSA) is 59.2 Å². The normalized spacial score (nSPS) is 14.0. The van der Waals surface area contributed by atoms with Gasteiger partial charge in [0, 0.05) is 24.2 Å². The van der Waals surface area contributed by atoms with Crippen LogP contribution in [0.4, 0.5) is 0 Å². The number of amides is 1. The van der Waals surface area contributed by atoms with E-state index in [2.05, 4.69) is 18.8 Å². The molecule has 1 amide bonds. The molecule has 1 aromatic heterocycles. The van der Waals surface area contributed by atoms with Gasteiger partial charge in [0.1, 0.15) is 0 Å². The molecule has 0 fully saturated rings. The maximum absolute atomic E-state index is 12.6. The minimum Gasteiger partial charge on any atom is -0.334 e. The highest BCUT2D eigenvalue weighted by atomic mass is 16.2. The van der Waals surface area contributed by atoms with E-state index in [1.165, 1.54) is 0 Å². The van der Waals surface area contributed by atoms with E-state index in [1.807, 2.05) is 36.9 Å². The van der Waals surface area contributed by atoms with Crippen LogP contribution in [0.3, 0.4) is 0 Å². The molecule has 2 unspecified atom stereocenters. The van der Waals surface area contributed by atoms with E-state index in [-0.39, 0.29) is 23.9 Å². The van der Waals surface area contributed by atoms with Gasteiger partial charge in [-0.05, 0) is 45.7 Å². The smallest absolute Gasteiger partial charge is 0.225 e. The van der Waals surface area contributed by atoms with Crippen molar-refractivity contribution in [2.45, 2.75) is 65.6 Å². The van der Waals surface area contributed by atoms with Crippen molar-refractivity contribution in [3.8, 4) is 0 Å². The first-order valence-corrected chi connectivity index (χ1v) is 7.87. The molecule has 0 bridgehead atoms. The van der Waals surface area contributed by atoms with Crippen molar-refractivity contribution in [1.29, 1.82) is 0 Å². The summed E-state index contributed by atoms with van der Waals surface area (Å²) < 4.78 is 0. The lowest BCUT2D eigenvalue weighted by molar-refractivity contribution is -0.137. The highest BCUT2D eigenvalue weighted by Crippen LogP contribution is 2.16. The van der Waals surface area contributed by atoms with Crippen molar-refractivity contribution in [1.82, 2.24) is 9.88 Å². The third kappa shape index (κ3) is 6.25. The van der Waals surface area contributed by atoms with Crippen LogP contribution in [0.2, 0.25) is 0 Å². The molecule has 0 aliphatic rings. The molecule has 2 N–H and O–H groups in total. The molecule has 118 valence electrons. The van der Waals surface area contributed by atoms with Crippen molar-refractivity contribution in [3.05, 3.63) is 30.1 Å². The van der Waals surface area contributed by atoms with Crippen LogP contribution < -0.4 is 5.73 Å². The Morgan fingerprint density at radius 1 is 1.24 bits per heavy atom. The van der Waals surface area contributed by atoms with Gasteiger partial charge in [-0.3, -0.25) is 9.78 Å². The van der Waals surface area contributed by atoms with Gasteiger partial charge in [-0.15, -0.1) is 0 Å². The molecular weight excluding hydrogens is 262 g/mol. The van der Waals surface area contributed by atoms with Crippen LogP contribution in [0, 0.1) is 5.92 Å². The van der Waals surface area contributed by atoms with E-state index in [0.717, 1.165) is 25.0 Å². The number of hydrogen-bond acceptors (Lipinski definition) is 3. The fourth-order valence-corrected chi connectivity index (χ4v) is 2.33. The Morgan fingerprint density at radius 2 is 1.95 bits per heavy atom. The molecule has 0 aliphatic carbocycles. The molecule has 0 aliphatic heterocycles. The minimum atomic E-state index is 0.0369. The van der Waals surface area contributed by atoms with Crippen LogP contribution in [0.1, 0.15) is 52.7 Å². The summed E-state index contributed by atoms with van der Waals surface area (Å²) in [5.74, 6) is 0.246. The molecule has 0 spiro atoms. The molecular formula is C17H29N3O. The number of nitrogens with zero attached hydrogens (tertiary/aromatic N) is 2. The third-order valence-electron chi connectivity index (χ3n) is 3.68. The van der Waals surface area contributed by atoms with Crippen LogP contribution in [-0.4, -0.2) is 27.9 Å². The number of hydrogen-bond donors (Lipinski definition) is 1. The molecule has 0 saturated heterocycles. The monoisotopic (exact) mass is 291 g/mol. The Labute approximate surface area is 128 Å². The van der Waals surface area contributed by atoms with Crippen molar-refractivity contribution >= 4 is 5.91 Å². The largest absolute Gasteiger partial charge is 0.334 e. The first kappa shape index (κ1) is 17.6. The SMILES string of the molecule is CC(N)CCCC(C)C(=O)N(Cc1ccccn1)C(C)C. The lowest BCUT2D eigenvalue weighted by Gasteiger charge is -2.29. The maximum atomic E-state index is 12.6. The zero-order chi connectivity index (χ0) is 15.8. The highest BCUT2D eigenvalue weighted by molar-refractivity contribution is 5.78. The number of carbonyl (C=O) groups is 1. The number of nitrogens with two attached hydrogens (primary N) is 1. The van der Waals surface area contributed by atoms with E-state index in [1.54, 1.807) is 6.20 Å². The highest BCUT2D eigenvalue weighted by Gasteiger charge is 2.23. The molecule has 0 aromatic carbocycles. The lowest BCUT2D eigenvalue weighted by atomic mass is 10.00. The Balaban J connectivity index is 2.60. The van der Waals surface area contributed by atoms with Gasteiger partial charge in [-0.2, -0.15) is 0 Å². The first-order chi connectivity index (χ1) is 9.91. The summed E-state index contributed by atoms with van der Waals surface area (Å²) in [7, 11) is 0. The summed E-state index contributed by atoms with van der Waals surface area (Å²) in [5.41, 5.74) is 6.69. The van der Waals surface area contributed by atoms with E-state index >= 15 is 0 Å². The van der Waals surface area contributed by atoms with Gasteiger partial charge in [0.15, 0.2) is 0 Å². The average molecular weight is 291 g/mol. The summed E-state index contributed by atoms with van der Waals surface area (Å²) >= 11 is 0. The first-order valence-electron chi connectivity index (χ1n) is 7.87. The van der Waals surface area contributed by atoms with Crippen LogP contribution in [0.5, 0.6) is 0 Å². The Bertz CT molecular complexity index is 417. The second-order valence-corrected chi connectivity index (χ2v) is 6.19. The zero-order valence-corrected chi connectivity index (χ0v) is 13.7. The van der Waals surface area contributed by atoms with Gasteiger partial charge in [-0.25, -0.2) is 0 Å².